The number of carbonyl (C=O) groups excluding carboxylic acids is 1. The molecule has 1 aromatic rings. The second-order valence-corrected chi connectivity index (χ2v) is 5.49. The summed E-state index contributed by atoms with van der Waals surface area (Å²) in [5.41, 5.74) is 6.54. The van der Waals surface area contributed by atoms with Gasteiger partial charge in [0.15, 0.2) is 0 Å². The van der Waals surface area contributed by atoms with Crippen LogP contribution in [0.15, 0.2) is 24.3 Å². The van der Waals surface area contributed by atoms with Gasteiger partial charge in [0.25, 0.3) is 0 Å². The summed E-state index contributed by atoms with van der Waals surface area (Å²) in [5.74, 6) is -1.21. The molecular weight excluding hydrogens is 292 g/mol. The first-order valence-corrected chi connectivity index (χ1v) is 6.91. The average Bonchev–Trinajstić information content (AvgIpc) is 2.34. The number of amides is 1. The van der Waals surface area contributed by atoms with Gasteiger partial charge in [-0.2, -0.15) is 0 Å². The van der Waals surface area contributed by atoms with Gasteiger partial charge in [-0.3, -0.25) is 4.79 Å². The minimum Gasteiger partial charge on any atom is -0.478 e. The van der Waals surface area contributed by atoms with Crippen molar-refractivity contribution in [1.29, 1.82) is 0 Å². The molecule has 0 saturated heterocycles. The fraction of sp³-hybridized carbons (Fsp3) is 0.333. The standard InChI is InChI=1S/C15H19ClN2O3/c1-10(2)8-18(9-14(17)19)13-5-3-4-12(16)11(13)6-7-15(20)21/h3-7,10H,8-9H2,1-2H3,(H2,17,19)(H,20,21). The Balaban J connectivity index is 3.25. The van der Waals surface area contributed by atoms with E-state index in [9.17, 15) is 9.59 Å². The normalized spacial score (nSPS) is 11.0. The average molecular weight is 311 g/mol. The number of aliphatic carboxylic acids is 1. The van der Waals surface area contributed by atoms with Gasteiger partial charge in [-0.05, 0) is 24.1 Å². The topological polar surface area (TPSA) is 83.6 Å². The summed E-state index contributed by atoms with van der Waals surface area (Å²) in [6, 6.07) is 5.22. The number of carboxylic acids is 1. The lowest BCUT2D eigenvalue weighted by Crippen LogP contribution is -2.36. The van der Waals surface area contributed by atoms with Gasteiger partial charge in [-0.25, -0.2) is 4.79 Å². The molecule has 1 amide bonds. The van der Waals surface area contributed by atoms with E-state index in [1.807, 2.05) is 13.8 Å². The Bertz CT molecular complexity index is 556. The van der Waals surface area contributed by atoms with Crippen molar-refractivity contribution in [2.24, 2.45) is 11.7 Å². The number of halogens is 1. The van der Waals surface area contributed by atoms with Crippen molar-refractivity contribution < 1.29 is 14.7 Å². The van der Waals surface area contributed by atoms with Crippen LogP contribution < -0.4 is 10.6 Å². The number of primary amides is 1. The van der Waals surface area contributed by atoms with E-state index < -0.39 is 11.9 Å². The quantitative estimate of drug-likeness (QED) is 0.757. The van der Waals surface area contributed by atoms with Crippen LogP contribution in [0.25, 0.3) is 6.08 Å². The van der Waals surface area contributed by atoms with Crippen LogP contribution in [-0.2, 0) is 9.59 Å². The van der Waals surface area contributed by atoms with E-state index >= 15 is 0 Å². The van der Waals surface area contributed by atoms with Gasteiger partial charge in [0.2, 0.25) is 5.91 Å². The first kappa shape index (κ1) is 17.0. The first-order valence-electron chi connectivity index (χ1n) is 6.54. The van der Waals surface area contributed by atoms with Crippen LogP contribution in [-0.4, -0.2) is 30.1 Å². The highest BCUT2D eigenvalue weighted by molar-refractivity contribution is 6.32. The second-order valence-electron chi connectivity index (χ2n) is 5.08. The predicted octanol–water partition coefficient (Wildman–Crippen LogP) is 2.39. The predicted molar refractivity (Wildman–Crippen MR) is 84.4 cm³/mol. The summed E-state index contributed by atoms with van der Waals surface area (Å²) >= 11 is 6.14. The minimum absolute atomic E-state index is 0.0480. The number of nitrogens with two attached hydrogens (primary N) is 1. The number of nitrogens with zero attached hydrogens (tertiary/aromatic N) is 1. The molecule has 0 heterocycles. The van der Waals surface area contributed by atoms with Gasteiger partial charge in [0.1, 0.15) is 0 Å². The first-order chi connectivity index (χ1) is 9.81. The molecule has 0 bridgehead atoms. The lowest BCUT2D eigenvalue weighted by Gasteiger charge is -2.27. The summed E-state index contributed by atoms with van der Waals surface area (Å²) in [6.07, 6.45) is 2.44. The molecule has 1 rings (SSSR count). The molecule has 0 aliphatic carbocycles. The van der Waals surface area contributed by atoms with Gasteiger partial charge in [-0.1, -0.05) is 31.5 Å². The van der Waals surface area contributed by atoms with Gasteiger partial charge >= 0.3 is 5.97 Å². The summed E-state index contributed by atoms with van der Waals surface area (Å²) in [6.45, 7) is 4.69. The van der Waals surface area contributed by atoms with Crippen molar-refractivity contribution in [1.82, 2.24) is 0 Å². The molecule has 0 aliphatic rings. The summed E-state index contributed by atoms with van der Waals surface area (Å²) < 4.78 is 0. The summed E-state index contributed by atoms with van der Waals surface area (Å²) in [4.78, 5) is 23.8. The molecule has 3 N–H and O–H groups in total. The van der Waals surface area contributed by atoms with E-state index in [0.717, 1.165) is 6.08 Å². The van der Waals surface area contributed by atoms with E-state index in [2.05, 4.69) is 0 Å². The number of rotatable bonds is 7. The fourth-order valence-corrected chi connectivity index (χ4v) is 2.23. The van der Waals surface area contributed by atoms with E-state index in [1.165, 1.54) is 6.08 Å². The monoisotopic (exact) mass is 310 g/mol. The maximum Gasteiger partial charge on any atom is 0.328 e. The van der Waals surface area contributed by atoms with Crippen molar-refractivity contribution in [2.75, 3.05) is 18.0 Å². The van der Waals surface area contributed by atoms with Crippen LogP contribution in [0, 0.1) is 5.92 Å². The van der Waals surface area contributed by atoms with Gasteiger partial charge in [0.05, 0.1) is 6.54 Å². The molecule has 0 atom stereocenters. The van der Waals surface area contributed by atoms with Crippen LogP contribution in [0.4, 0.5) is 5.69 Å². The zero-order valence-corrected chi connectivity index (χ0v) is 12.8. The highest BCUT2D eigenvalue weighted by Gasteiger charge is 2.15. The third-order valence-corrected chi connectivity index (χ3v) is 3.02. The minimum atomic E-state index is -1.06. The van der Waals surface area contributed by atoms with E-state index in [0.29, 0.717) is 28.7 Å². The van der Waals surface area contributed by atoms with Crippen LogP contribution in [0.2, 0.25) is 5.02 Å². The third-order valence-electron chi connectivity index (χ3n) is 2.70. The number of carboxylic acid groups (broad SMARTS) is 1. The maximum absolute atomic E-state index is 11.3. The SMILES string of the molecule is CC(C)CN(CC(N)=O)c1cccc(Cl)c1C=CC(=O)O. The van der Waals surface area contributed by atoms with E-state index in [1.54, 1.807) is 23.1 Å². The molecule has 5 nitrogen and oxygen atoms in total. The second kappa shape index (κ2) is 7.69. The largest absolute Gasteiger partial charge is 0.478 e. The molecule has 0 aromatic heterocycles. The number of anilines is 1. The fourth-order valence-electron chi connectivity index (χ4n) is 2.00. The Hall–Kier alpha value is -2.01. The number of benzene rings is 1. The van der Waals surface area contributed by atoms with E-state index in [-0.39, 0.29) is 6.54 Å². The molecule has 1 aromatic carbocycles. The molecule has 0 radical (unpaired) electrons. The van der Waals surface area contributed by atoms with Crippen molar-refractivity contribution >= 4 is 35.2 Å². The van der Waals surface area contributed by atoms with E-state index in [4.69, 9.17) is 22.4 Å². The zero-order chi connectivity index (χ0) is 16.0. The van der Waals surface area contributed by atoms with Gasteiger partial charge < -0.3 is 15.7 Å². The maximum atomic E-state index is 11.3. The molecular formula is C15H19ClN2O3. The van der Waals surface area contributed by atoms with Crippen molar-refractivity contribution in [3.63, 3.8) is 0 Å². The Kier molecular flexibility index (Phi) is 6.24. The molecule has 0 spiro atoms. The smallest absolute Gasteiger partial charge is 0.328 e. The van der Waals surface area contributed by atoms with Crippen LogP contribution in [0.1, 0.15) is 19.4 Å². The molecule has 114 valence electrons. The van der Waals surface area contributed by atoms with Crippen molar-refractivity contribution in [3.05, 3.63) is 34.9 Å². The summed E-state index contributed by atoms with van der Waals surface area (Å²) in [7, 11) is 0. The zero-order valence-electron chi connectivity index (χ0n) is 12.0. The lowest BCUT2D eigenvalue weighted by molar-refractivity contribution is -0.131. The van der Waals surface area contributed by atoms with Crippen LogP contribution in [0.3, 0.4) is 0 Å². The van der Waals surface area contributed by atoms with Crippen LogP contribution >= 0.6 is 11.6 Å². The van der Waals surface area contributed by atoms with Gasteiger partial charge in [-0.15, -0.1) is 0 Å². The molecule has 0 fully saturated rings. The number of hydrogen-bond donors (Lipinski definition) is 2. The van der Waals surface area contributed by atoms with Crippen LogP contribution in [0.5, 0.6) is 0 Å². The Labute approximate surface area is 129 Å². The highest BCUT2D eigenvalue weighted by Crippen LogP contribution is 2.29. The number of hydrogen-bond acceptors (Lipinski definition) is 3. The molecule has 21 heavy (non-hydrogen) atoms. The highest BCUT2D eigenvalue weighted by atomic mass is 35.5. The molecule has 0 unspecified atom stereocenters. The van der Waals surface area contributed by atoms with Gasteiger partial charge in [0, 0.05) is 28.9 Å². The Morgan fingerprint density at radius 1 is 1.43 bits per heavy atom. The summed E-state index contributed by atoms with van der Waals surface area (Å²) in [5, 5.41) is 9.19. The molecule has 6 heteroatoms. The molecule has 0 saturated carbocycles. The lowest BCUT2D eigenvalue weighted by atomic mass is 10.1. The van der Waals surface area contributed by atoms with Crippen molar-refractivity contribution in [2.45, 2.75) is 13.8 Å². The Morgan fingerprint density at radius 3 is 2.62 bits per heavy atom. The number of carbonyl (C=O) groups is 2. The molecule has 0 aliphatic heterocycles. The third kappa shape index (κ3) is 5.47. The van der Waals surface area contributed by atoms with Crippen molar-refractivity contribution in [3.8, 4) is 0 Å². The Morgan fingerprint density at radius 2 is 2.10 bits per heavy atom.